The summed E-state index contributed by atoms with van der Waals surface area (Å²) in [6.45, 7) is 0. The fourth-order valence-corrected chi connectivity index (χ4v) is 2.37. The van der Waals surface area contributed by atoms with Gasteiger partial charge in [0.05, 0.1) is 15.7 Å². The van der Waals surface area contributed by atoms with Crippen LogP contribution < -0.4 is 0 Å². The Bertz CT molecular complexity index is 482. The topological polar surface area (TPSA) is 17.1 Å². The molecule has 0 saturated carbocycles. The summed E-state index contributed by atoms with van der Waals surface area (Å²) in [7, 11) is -1.43. The van der Waals surface area contributed by atoms with E-state index in [1.54, 1.807) is 42.5 Å². The van der Waals surface area contributed by atoms with Crippen molar-refractivity contribution >= 4 is 10.8 Å². The van der Waals surface area contributed by atoms with Gasteiger partial charge in [0.1, 0.15) is 5.82 Å². The molecule has 0 amide bonds. The summed E-state index contributed by atoms with van der Waals surface area (Å²) in [4.78, 5) is 0.839. The molecule has 3 heteroatoms. The Balaban J connectivity index is 2.42. The Morgan fingerprint density at radius 2 is 1.47 bits per heavy atom. The van der Waals surface area contributed by atoms with E-state index in [1.807, 2.05) is 6.07 Å². The maximum Gasteiger partial charge on any atom is 0.139 e. The minimum atomic E-state index is -1.43. The number of benzene rings is 2. The fraction of sp³-hybridized carbons (Fsp3) is 0. The lowest BCUT2D eigenvalue weighted by Gasteiger charge is -2.02. The largest absolute Gasteiger partial charge is 0.249 e. The van der Waals surface area contributed by atoms with Gasteiger partial charge in [-0.25, -0.2) is 8.60 Å². The van der Waals surface area contributed by atoms with Gasteiger partial charge in [-0.1, -0.05) is 30.3 Å². The van der Waals surface area contributed by atoms with Crippen molar-refractivity contribution < 1.29 is 8.60 Å². The molecule has 2 rings (SSSR count). The molecule has 15 heavy (non-hydrogen) atoms. The van der Waals surface area contributed by atoms with Crippen molar-refractivity contribution in [1.82, 2.24) is 0 Å². The maximum absolute atomic E-state index is 13.3. The second kappa shape index (κ2) is 4.36. The van der Waals surface area contributed by atoms with Gasteiger partial charge in [-0.3, -0.25) is 0 Å². The molecule has 0 saturated heterocycles. The molecular formula is C12H9FOS. The summed E-state index contributed by atoms with van der Waals surface area (Å²) in [5.74, 6) is -0.431. The highest BCUT2D eigenvalue weighted by atomic mass is 32.2. The summed E-state index contributed by atoms with van der Waals surface area (Å²) in [5.41, 5.74) is 0. The number of rotatable bonds is 2. The minimum absolute atomic E-state index is 0.226. The van der Waals surface area contributed by atoms with Gasteiger partial charge >= 0.3 is 0 Å². The monoisotopic (exact) mass is 220 g/mol. The molecule has 0 heterocycles. The highest BCUT2D eigenvalue weighted by Gasteiger charge is 2.10. The summed E-state index contributed by atoms with van der Waals surface area (Å²) in [6.07, 6.45) is 0. The second-order valence-electron chi connectivity index (χ2n) is 3.01. The van der Waals surface area contributed by atoms with Crippen LogP contribution in [0.5, 0.6) is 0 Å². The molecule has 2 aromatic carbocycles. The normalized spacial score (nSPS) is 12.3. The number of halogens is 1. The van der Waals surface area contributed by atoms with E-state index in [0.29, 0.717) is 4.90 Å². The Kier molecular flexibility index (Phi) is 2.92. The van der Waals surface area contributed by atoms with Crippen LogP contribution in [-0.2, 0) is 10.8 Å². The molecule has 0 aromatic heterocycles. The third-order valence-electron chi connectivity index (χ3n) is 1.99. The quantitative estimate of drug-likeness (QED) is 0.760. The summed E-state index contributed by atoms with van der Waals surface area (Å²) < 4.78 is 25.3. The molecule has 0 aliphatic rings. The van der Waals surface area contributed by atoms with Crippen molar-refractivity contribution in [3.63, 3.8) is 0 Å². The van der Waals surface area contributed by atoms with E-state index in [9.17, 15) is 8.60 Å². The molecule has 0 spiro atoms. The molecule has 0 fully saturated rings. The van der Waals surface area contributed by atoms with Crippen molar-refractivity contribution in [3.8, 4) is 0 Å². The molecule has 1 atom stereocenters. The Labute approximate surface area is 90.0 Å². The lowest BCUT2D eigenvalue weighted by Crippen LogP contribution is -1.95. The smallest absolute Gasteiger partial charge is 0.139 e. The molecule has 0 aliphatic heterocycles. The molecule has 2 aromatic rings. The van der Waals surface area contributed by atoms with Crippen molar-refractivity contribution in [3.05, 3.63) is 60.4 Å². The fourth-order valence-electron chi connectivity index (χ4n) is 1.27. The SMILES string of the molecule is O=S(c1ccccc1)c1ccccc1F. The number of hydrogen-bond donors (Lipinski definition) is 0. The van der Waals surface area contributed by atoms with Crippen LogP contribution in [0.15, 0.2) is 64.4 Å². The van der Waals surface area contributed by atoms with Gasteiger partial charge in [-0.05, 0) is 24.3 Å². The first kappa shape index (κ1) is 10.1. The number of hydrogen-bond acceptors (Lipinski definition) is 1. The van der Waals surface area contributed by atoms with Crippen molar-refractivity contribution in [2.24, 2.45) is 0 Å². The minimum Gasteiger partial charge on any atom is -0.249 e. The van der Waals surface area contributed by atoms with Gasteiger partial charge in [-0.2, -0.15) is 0 Å². The zero-order chi connectivity index (χ0) is 10.7. The van der Waals surface area contributed by atoms with Crippen LogP contribution in [0.3, 0.4) is 0 Å². The van der Waals surface area contributed by atoms with Gasteiger partial charge in [0.25, 0.3) is 0 Å². The first-order valence-electron chi connectivity index (χ1n) is 4.50. The van der Waals surface area contributed by atoms with Crippen molar-refractivity contribution in [2.75, 3.05) is 0 Å². The predicted octanol–water partition coefficient (Wildman–Crippen LogP) is 2.99. The molecular weight excluding hydrogens is 211 g/mol. The molecule has 0 N–H and O–H groups in total. The van der Waals surface area contributed by atoms with Crippen molar-refractivity contribution in [2.45, 2.75) is 9.79 Å². The molecule has 76 valence electrons. The Hall–Kier alpha value is -1.48. The van der Waals surface area contributed by atoms with Gasteiger partial charge in [0.2, 0.25) is 0 Å². The van der Waals surface area contributed by atoms with Crippen LogP contribution >= 0.6 is 0 Å². The first-order valence-corrected chi connectivity index (χ1v) is 5.65. The van der Waals surface area contributed by atoms with Crippen LogP contribution in [-0.4, -0.2) is 4.21 Å². The van der Waals surface area contributed by atoms with Crippen LogP contribution in [0.2, 0.25) is 0 Å². The summed E-state index contributed by atoms with van der Waals surface area (Å²) in [6, 6.07) is 15.0. The van der Waals surface area contributed by atoms with Crippen LogP contribution in [0.25, 0.3) is 0 Å². The molecule has 0 radical (unpaired) electrons. The Morgan fingerprint density at radius 1 is 0.867 bits per heavy atom. The van der Waals surface area contributed by atoms with Crippen LogP contribution in [0, 0.1) is 5.82 Å². The van der Waals surface area contributed by atoms with E-state index in [4.69, 9.17) is 0 Å². The molecule has 0 aliphatic carbocycles. The van der Waals surface area contributed by atoms with Gasteiger partial charge in [0.15, 0.2) is 0 Å². The van der Waals surface area contributed by atoms with E-state index in [1.165, 1.54) is 6.07 Å². The van der Waals surface area contributed by atoms with Crippen molar-refractivity contribution in [1.29, 1.82) is 0 Å². The van der Waals surface area contributed by atoms with E-state index < -0.39 is 16.6 Å². The average Bonchev–Trinajstić information content (AvgIpc) is 2.30. The third kappa shape index (κ3) is 2.13. The van der Waals surface area contributed by atoms with Gasteiger partial charge in [0, 0.05) is 4.90 Å². The second-order valence-corrected chi connectivity index (χ2v) is 4.46. The molecule has 0 bridgehead atoms. The zero-order valence-electron chi connectivity index (χ0n) is 7.89. The van der Waals surface area contributed by atoms with E-state index in [-0.39, 0.29) is 4.90 Å². The van der Waals surface area contributed by atoms with E-state index in [2.05, 4.69) is 0 Å². The Morgan fingerprint density at radius 3 is 2.13 bits per heavy atom. The zero-order valence-corrected chi connectivity index (χ0v) is 8.71. The highest BCUT2D eigenvalue weighted by Crippen LogP contribution is 2.18. The standard InChI is InChI=1S/C12H9FOS/c13-11-8-4-5-9-12(11)15(14)10-6-2-1-3-7-10/h1-9H. The van der Waals surface area contributed by atoms with Crippen LogP contribution in [0.4, 0.5) is 4.39 Å². The lowest BCUT2D eigenvalue weighted by atomic mass is 10.3. The van der Waals surface area contributed by atoms with E-state index in [0.717, 1.165) is 0 Å². The van der Waals surface area contributed by atoms with E-state index >= 15 is 0 Å². The average molecular weight is 220 g/mol. The molecule has 1 nitrogen and oxygen atoms in total. The van der Waals surface area contributed by atoms with Gasteiger partial charge < -0.3 is 0 Å². The summed E-state index contributed by atoms with van der Waals surface area (Å²) in [5, 5.41) is 0. The highest BCUT2D eigenvalue weighted by molar-refractivity contribution is 7.85. The lowest BCUT2D eigenvalue weighted by molar-refractivity contribution is 0.595. The third-order valence-corrected chi connectivity index (χ3v) is 3.42. The maximum atomic E-state index is 13.3. The van der Waals surface area contributed by atoms with Gasteiger partial charge in [-0.15, -0.1) is 0 Å². The summed E-state index contributed by atoms with van der Waals surface area (Å²) >= 11 is 0. The van der Waals surface area contributed by atoms with Crippen LogP contribution in [0.1, 0.15) is 0 Å². The predicted molar refractivity (Wildman–Crippen MR) is 57.5 cm³/mol. The molecule has 1 unspecified atom stereocenters. The first-order chi connectivity index (χ1) is 7.29.